The Hall–Kier alpha value is -1.56. The number of aliphatic carboxylic acids is 1. The molecule has 1 aromatic rings. The number of hydrogen-bond donors (Lipinski definition) is 2. The van der Waals surface area contributed by atoms with E-state index in [0.29, 0.717) is 13.0 Å². The van der Waals surface area contributed by atoms with E-state index >= 15 is 0 Å². The first-order valence-electron chi connectivity index (χ1n) is 7.47. The first kappa shape index (κ1) is 15.3. The van der Waals surface area contributed by atoms with Gasteiger partial charge in [0, 0.05) is 17.6 Å². The topological polar surface area (TPSA) is 69.6 Å². The number of likely N-dealkylation sites (tertiary alicyclic amines) is 1. The number of amides is 2. The van der Waals surface area contributed by atoms with Crippen LogP contribution in [0.4, 0.5) is 4.79 Å². The summed E-state index contributed by atoms with van der Waals surface area (Å²) in [5.41, 5.74) is 1.58. The third-order valence-corrected chi connectivity index (χ3v) is 5.53. The van der Waals surface area contributed by atoms with E-state index in [1.165, 1.54) is 5.56 Å². The summed E-state index contributed by atoms with van der Waals surface area (Å²) in [5, 5.41) is 12.3. The van der Waals surface area contributed by atoms with Gasteiger partial charge in [0.2, 0.25) is 0 Å². The van der Waals surface area contributed by atoms with Crippen LogP contribution in [0.3, 0.4) is 0 Å². The van der Waals surface area contributed by atoms with Crippen LogP contribution in [0.5, 0.6) is 0 Å². The van der Waals surface area contributed by atoms with E-state index in [-0.39, 0.29) is 18.6 Å². The molecule has 1 fully saturated rings. The quantitative estimate of drug-likeness (QED) is 0.845. The van der Waals surface area contributed by atoms with Gasteiger partial charge in [0.15, 0.2) is 0 Å². The second-order valence-corrected chi connectivity index (χ2v) is 7.24. The molecule has 1 heterocycles. The lowest BCUT2D eigenvalue weighted by atomic mass is 9.90. The summed E-state index contributed by atoms with van der Waals surface area (Å²) in [6.07, 6.45) is 2.32. The summed E-state index contributed by atoms with van der Waals surface area (Å²) in [5.74, 6) is -0.835. The normalized spacial score (nSPS) is 26.8. The fourth-order valence-electron chi connectivity index (χ4n) is 3.31. The maximum atomic E-state index is 12.4. The van der Waals surface area contributed by atoms with E-state index in [9.17, 15) is 14.7 Å². The van der Waals surface area contributed by atoms with Gasteiger partial charge < -0.3 is 15.3 Å². The van der Waals surface area contributed by atoms with E-state index < -0.39 is 11.4 Å². The van der Waals surface area contributed by atoms with Gasteiger partial charge in [-0.3, -0.25) is 4.79 Å². The monoisotopic (exact) mass is 366 g/mol. The minimum Gasteiger partial charge on any atom is -0.481 e. The molecule has 0 bridgehead atoms. The van der Waals surface area contributed by atoms with Crippen LogP contribution >= 0.6 is 15.9 Å². The minimum absolute atomic E-state index is 0.0108. The fourth-order valence-corrected chi connectivity index (χ4v) is 3.89. The average Bonchev–Trinajstić information content (AvgIpc) is 3.05. The number of carbonyl (C=O) groups excluding carboxylic acids is 1. The number of halogens is 1. The molecule has 1 aliphatic carbocycles. The molecule has 22 heavy (non-hydrogen) atoms. The summed E-state index contributed by atoms with van der Waals surface area (Å²) in [6, 6.07) is 5.88. The molecular weight excluding hydrogens is 348 g/mol. The highest BCUT2D eigenvalue weighted by Gasteiger charge is 2.42. The van der Waals surface area contributed by atoms with Crippen LogP contribution in [0.2, 0.25) is 0 Å². The Labute approximate surface area is 137 Å². The second kappa shape index (κ2) is 5.57. The first-order chi connectivity index (χ1) is 10.4. The van der Waals surface area contributed by atoms with Crippen molar-refractivity contribution in [3.05, 3.63) is 33.8 Å². The number of rotatable bonds is 2. The average molecular weight is 367 g/mol. The maximum Gasteiger partial charge on any atom is 0.317 e. The third kappa shape index (κ3) is 2.60. The molecule has 0 aromatic heterocycles. The van der Waals surface area contributed by atoms with E-state index in [2.05, 4.69) is 21.2 Å². The van der Waals surface area contributed by atoms with Crippen molar-refractivity contribution < 1.29 is 14.7 Å². The zero-order valence-corrected chi connectivity index (χ0v) is 14.0. The van der Waals surface area contributed by atoms with Gasteiger partial charge in [0.25, 0.3) is 0 Å². The standard InChI is InChI=1S/C16H19BrN2O3/c1-16(14(20)21)7-8-19(9-16)15(22)18-13-6-5-10-11(13)3-2-4-12(10)17/h2-4,13H,5-9H2,1H3,(H,18,22)(H,20,21). The number of fused-ring (bicyclic) bond motifs is 1. The van der Waals surface area contributed by atoms with Gasteiger partial charge in [-0.1, -0.05) is 28.1 Å². The van der Waals surface area contributed by atoms with Gasteiger partial charge in [-0.05, 0) is 43.4 Å². The van der Waals surface area contributed by atoms with Crippen molar-refractivity contribution in [3.63, 3.8) is 0 Å². The SMILES string of the molecule is CC1(C(=O)O)CCN(C(=O)NC2CCc3c(Br)cccc32)C1. The Morgan fingerprint density at radius 1 is 1.45 bits per heavy atom. The zero-order valence-electron chi connectivity index (χ0n) is 12.4. The molecule has 0 saturated carbocycles. The van der Waals surface area contributed by atoms with E-state index in [1.807, 2.05) is 18.2 Å². The van der Waals surface area contributed by atoms with Crippen molar-refractivity contribution in [1.82, 2.24) is 10.2 Å². The number of carboxylic acid groups (broad SMARTS) is 1. The summed E-state index contributed by atoms with van der Waals surface area (Å²) < 4.78 is 1.08. The number of carboxylic acids is 1. The lowest BCUT2D eigenvalue weighted by Gasteiger charge is -2.23. The molecule has 2 aliphatic rings. The van der Waals surface area contributed by atoms with Crippen LogP contribution in [-0.4, -0.2) is 35.1 Å². The van der Waals surface area contributed by atoms with Crippen molar-refractivity contribution in [1.29, 1.82) is 0 Å². The predicted molar refractivity (Wildman–Crippen MR) is 85.7 cm³/mol. The molecule has 1 aromatic carbocycles. The highest BCUT2D eigenvalue weighted by atomic mass is 79.9. The smallest absolute Gasteiger partial charge is 0.317 e. The number of urea groups is 1. The molecule has 2 atom stereocenters. The van der Waals surface area contributed by atoms with Crippen molar-refractivity contribution in [2.24, 2.45) is 5.41 Å². The minimum atomic E-state index is -0.835. The van der Waals surface area contributed by atoms with Gasteiger partial charge in [-0.15, -0.1) is 0 Å². The highest BCUT2D eigenvalue weighted by Crippen LogP contribution is 2.36. The van der Waals surface area contributed by atoms with Gasteiger partial charge in [0.05, 0.1) is 11.5 Å². The molecule has 1 saturated heterocycles. The summed E-state index contributed by atoms with van der Waals surface area (Å²) >= 11 is 3.55. The zero-order chi connectivity index (χ0) is 15.9. The van der Waals surface area contributed by atoms with Crippen LogP contribution in [0.15, 0.2) is 22.7 Å². The number of benzene rings is 1. The van der Waals surface area contributed by atoms with Crippen LogP contribution in [0, 0.1) is 5.41 Å². The maximum absolute atomic E-state index is 12.4. The van der Waals surface area contributed by atoms with Gasteiger partial charge in [0.1, 0.15) is 0 Å². The number of nitrogens with zero attached hydrogens (tertiary/aromatic N) is 1. The summed E-state index contributed by atoms with van der Waals surface area (Å²) in [7, 11) is 0. The molecule has 1 aliphatic heterocycles. The molecule has 118 valence electrons. The highest BCUT2D eigenvalue weighted by molar-refractivity contribution is 9.10. The van der Waals surface area contributed by atoms with Crippen LogP contribution < -0.4 is 5.32 Å². The Balaban J connectivity index is 1.68. The summed E-state index contributed by atoms with van der Waals surface area (Å²) in [6.45, 7) is 2.46. The molecule has 5 nitrogen and oxygen atoms in total. The lowest BCUT2D eigenvalue weighted by molar-refractivity contribution is -0.146. The van der Waals surface area contributed by atoms with Crippen molar-refractivity contribution in [2.45, 2.75) is 32.2 Å². The molecular formula is C16H19BrN2O3. The Bertz CT molecular complexity index is 634. The van der Waals surface area contributed by atoms with Gasteiger partial charge in [-0.2, -0.15) is 0 Å². The molecule has 3 rings (SSSR count). The first-order valence-corrected chi connectivity index (χ1v) is 8.26. The Morgan fingerprint density at radius 2 is 2.23 bits per heavy atom. The Kier molecular flexibility index (Phi) is 3.89. The van der Waals surface area contributed by atoms with Crippen molar-refractivity contribution >= 4 is 27.9 Å². The predicted octanol–water partition coefficient (Wildman–Crippen LogP) is 2.94. The van der Waals surface area contributed by atoms with Crippen LogP contribution in [0.1, 0.15) is 36.9 Å². The van der Waals surface area contributed by atoms with Crippen LogP contribution in [0.25, 0.3) is 0 Å². The number of carbonyl (C=O) groups is 2. The van der Waals surface area contributed by atoms with E-state index in [1.54, 1.807) is 11.8 Å². The number of hydrogen-bond acceptors (Lipinski definition) is 2. The molecule has 6 heteroatoms. The number of nitrogens with one attached hydrogen (secondary N) is 1. The molecule has 0 spiro atoms. The Morgan fingerprint density at radius 3 is 2.91 bits per heavy atom. The van der Waals surface area contributed by atoms with E-state index in [4.69, 9.17) is 0 Å². The lowest BCUT2D eigenvalue weighted by Crippen LogP contribution is -2.42. The third-order valence-electron chi connectivity index (χ3n) is 4.79. The van der Waals surface area contributed by atoms with Crippen LogP contribution in [-0.2, 0) is 11.2 Å². The second-order valence-electron chi connectivity index (χ2n) is 6.39. The fraction of sp³-hybridized carbons (Fsp3) is 0.500. The van der Waals surface area contributed by atoms with Crippen molar-refractivity contribution in [3.8, 4) is 0 Å². The molecule has 0 radical (unpaired) electrons. The summed E-state index contributed by atoms with van der Waals surface area (Å²) in [4.78, 5) is 25.3. The molecule has 2 amide bonds. The van der Waals surface area contributed by atoms with E-state index in [0.717, 1.165) is 22.9 Å². The molecule has 2 N–H and O–H groups in total. The van der Waals surface area contributed by atoms with Gasteiger partial charge >= 0.3 is 12.0 Å². The van der Waals surface area contributed by atoms with Gasteiger partial charge in [-0.25, -0.2) is 4.79 Å². The van der Waals surface area contributed by atoms with Crippen molar-refractivity contribution in [2.75, 3.05) is 13.1 Å². The molecule has 2 unspecified atom stereocenters. The largest absolute Gasteiger partial charge is 0.481 e.